The van der Waals surface area contributed by atoms with E-state index < -0.39 is 10.0 Å². The highest BCUT2D eigenvalue weighted by atomic mass is 79.9. The Bertz CT molecular complexity index is 710. The number of sulfonamides is 1. The molecule has 0 atom stereocenters. The van der Waals surface area contributed by atoms with Crippen LogP contribution in [-0.4, -0.2) is 20.4 Å². The minimum atomic E-state index is -3.59. The van der Waals surface area contributed by atoms with Crippen LogP contribution < -0.4 is 10.0 Å². The second kappa shape index (κ2) is 5.99. The summed E-state index contributed by atoms with van der Waals surface area (Å²) in [5.74, 6) is 0. The van der Waals surface area contributed by atoms with Crippen molar-refractivity contribution in [1.29, 1.82) is 0 Å². The van der Waals surface area contributed by atoms with Crippen molar-refractivity contribution in [3.63, 3.8) is 0 Å². The number of anilines is 1. The van der Waals surface area contributed by atoms with Crippen LogP contribution in [0, 0.1) is 6.92 Å². The summed E-state index contributed by atoms with van der Waals surface area (Å²) in [5, 5.41) is 2.96. The summed E-state index contributed by atoms with van der Waals surface area (Å²) in [6.45, 7) is 2.53. The first-order valence-electron chi connectivity index (χ1n) is 6.03. The third kappa shape index (κ3) is 3.41. The zero-order chi connectivity index (χ0) is 14.8. The van der Waals surface area contributed by atoms with Gasteiger partial charge in [0.2, 0.25) is 0 Å². The maximum atomic E-state index is 12.3. The Hall–Kier alpha value is -1.31. The molecule has 0 fully saturated rings. The van der Waals surface area contributed by atoms with Crippen molar-refractivity contribution in [2.24, 2.45) is 0 Å². The van der Waals surface area contributed by atoms with Crippen LogP contribution in [0.3, 0.4) is 0 Å². The molecule has 0 aliphatic heterocycles. The quantitative estimate of drug-likeness (QED) is 0.769. The van der Waals surface area contributed by atoms with Crippen LogP contribution in [0.15, 0.2) is 39.8 Å². The van der Waals surface area contributed by atoms with E-state index in [1.807, 2.05) is 19.1 Å². The lowest BCUT2D eigenvalue weighted by Crippen LogP contribution is -2.12. The largest absolute Gasteiger partial charge is 0.363 e. The fraction of sp³-hybridized carbons (Fsp3) is 0.231. The Morgan fingerprint density at radius 3 is 2.70 bits per heavy atom. The normalized spacial score (nSPS) is 11.6. The highest BCUT2D eigenvalue weighted by Gasteiger charge is 2.17. The van der Waals surface area contributed by atoms with Gasteiger partial charge >= 0.3 is 0 Å². The zero-order valence-corrected chi connectivity index (χ0v) is 13.6. The number of nitrogens with one attached hydrogen (secondary N) is 3. The first-order valence-corrected chi connectivity index (χ1v) is 8.31. The lowest BCUT2D eigenvalue weighted by atomic mass is 10.2. The minimum absolute atomic E-state index is 0.218. The van der Waals surface area contributed by atoms with Gasteiger partial charge in [-0.1, -0.05) is 6.07 Å². The molecule has 3 N–H and O–H groups in total. The van der Waals surface area contributed by atoms with Gasteiger partial charge in [0.1, 0.15) is 4.90 Å². The summed E-state index contributed by atoms with van der Waals surface area (Å²) in [6, 6.07) is 7.06. The Balaban J connectivity index is 2.26. The summed E-state index contributed by atoms with van der Waals surface area (Å²) in [4.78, 5) is 3.15. The molecule has 0 saturated carbocycles. The first-order chi connectivity index (χ1) is 9.42. The first kappa shape index (κ1) is 15.1. The molecule has 0 radical (unpaired) electrons. The van der Waals surface area contributed by atoms with Crippen LogP contribution >= 0.6 is 15.9 Å². The average molecular weight is 358 g/mol. The van der Waals surface area contributed by atoms with E-state index >= 15 is 0 Å². The number of aromatic nitrogens is 1. The van der Waals surface area contributed by atoms with E-state index in [1.165, 1.54) is 6.20 Å². The van der Waals surface area contributed by atoms with Gasteiger partial charge in [-0.05, 0) is 53.7 Å². The third-order valence-corrected chi connectivity index (χ3v) is 4.76. The van der Waals surface area contributed by atoms with Crippen LogP contribution in [0.1, 0.15) is 11.3 Å². The topological polar surface area (TPSA) is 74.0 Å². The number of aryl methyl sites for hydroxylation is 1. The van der Waals surface area contributed by atoms with Crippen molar-refractivity contribution in [1.82, 2.24) is 10.3 Å². The van der Waals surface area contributed by atoms with Crippen LogP contribution in [-0.2, 0) is 16.6 Å². The van der Waals surface area contributed by atoms with Gasteiger partial charge in [0.25, 0.3) is 10.0 Å². The second-order valence-electron chi connectivity index (χ2n) is 4.48. The van der Waals surface area contributed by atoms with Gasteiger partial charge in [0.05, 0.1) is 5.69 Å². The monoisotopic (exact) mass is 357 g/mol. The molecule has 0 saturated heterocycles. The molecule has 7 heteroatoms. The van der Waals surface area contributed by atoms with Gasteiger partial charge in [0.15, 0.2) is 0 Å². The van der Waals surface area contributed by atoms with E-state index in [9.17, 15) is 8.42 Å². The SMILES string of the molecule is CNCc1cc(S(=O)(=O)Nc2ccc(C)cc2Br)c[nH]1. The highest BCUT2D eigenvalue weighted by molar-refractivity contribution is 9.10. The summed E-state index contributed by atoms with van der Waals surface area (Å²) < 4.78 is 27.9. The minimum Gasteiger partial charge on any atom is -0.363 e. The van der Waals surface area contributed by atoms with Crippen LogP contribution in [0.25, 0.3) is 0 Å². The molecular formula is C13H16BrN3O2S. The van der Waals surface area contributed by atoms with Crippen molar-refractivity contribution in [3.05, 3.63) is 46.2 Å². The summed E-state index contributed by atoms with van der Waals surface area (Å²) >= 11 is 3.36. The van der Waals surface area contributed by atoms with Crippen LogP contribution in [0.4, 0.5) is 5.69 Å². The average Bonchev–Trinajstić information content (AvgIpc) is 2.83. The molecule has 0 aliphatic rings. The number of benzene rings is 1. The van der Waals surface area contributed by atoms with Crippen molar-refractivity contribution < 1.29 is 8.42 Å². The number of H-pyrrole nitrogens is 1. The Morgan fingerprint density at radius 2 is 2.05 bits per heavy atom. The van der Waals surface area contributed by atoms with E-state index in [-0.39, 0.29) is 4.90 Å². The number of rotatable bonds is 5. The van der Waals surface area contributed by atoms with Crippen LogP contribution in [0.2, 0.25) is 0 Å². The molecule has 5 nitrogen and oxygen atoms in total. The van der Waals surface area contributed by atoms with Crippen molar-refractivity contribution in [3.8, 4) is 0 Å². The molecule has 0 spiro atoms. The maximum Gasteiger partial charge on any atom is 0.263 e. The van der Waals surface area contributed by atoms with Crippen LogP contribution in [0.5, 0.6) is 0 Å². The molecular weight excluding hydrogens is 342 g/mol. The van der Waals surface area contributed by atoms with Gasteiger partial charge in [-0.25, -0.2) is 8.42 Å². The van der Waals surface area contributed by atoms with Crippen molar-refractivity contribution >= 4 is 31.6 Å². The maximum absolute atomic E-state index is 12.3. The van der Waals surface area contributed by atoms with Gasteiger partial charge < -0.3 is 10.3 Å². The lowest BCUT2D eigenvalue weighted by Gasteiger charge is -2.09. The number of hydrogen-bond acceptors (Lipinski definition) is 3. The number of halogens is 1. The van der Waals surface area contributed by atoms with Gasteiger partial charge in [-0.2, -0.15) is 0 Å². The smallest absolute Gasteiger partial charge is 0.263 e. The van der Waals surface area contributed by atoms with Crippen molar-refractivity contribution in [2.45, 2.75) is 18.4 Å². The molecule has 1 aromatic carbocycles. The molecule has 0 aliphatic carbocycles. The molecule has 1 heterocycles. The standard InChI is InChI=1S/C13H16BrN3O2S/c1-9-3-4-13(12(14)5-9)17-20(18,19)11-6-10(7-15-2)16-8-11/h3-6,8,15-17H,7H2,1-2H3. The van der Waals surface area contributed by atoms with Gasteiger partial charge in [-0.15, -0.1) is 0 Å². The van der Waals surface area contributed by atoms with E-state index in [2.05, 4.69) is 31.0 Å². The number of hydrogen-bond donors (Lipinski definition) is 3. The molecule has 108 valence electrons. The second-order valence-corrected chi connectivity index (χ2v) is 7.02. The fourth-order valence-electron chi connectivity index (χ4n) is 1.77. The summed E-state index contributed by atoms with van der Waals surface area (Å²) in [7, 11) is -1.78. The Labute approximate surface area is 127 Å². The molecule has 2 aromatic rings. The predicted molar refractivity (Wildman–Crippen MR) is 83.2 cm³/mol. The Morgan fingerprint density at radius 1 is 1.30 bits per heavy atom. The summed E-state index contributed by atoms with van der Waals surface area (Å²) in [5.41, 5.74) is 2.39. The molecule has 0 bridgehead atoms. The summed E-state index contributed by atoms with van der Waals surface area (Å²) in [6.07, 6.45) is 1.48. The highest BCUT2D eigenvalue weighted by Crippen LogP contribution is 2.26. The van der Waals surface area contributed by atoms with E-state index in [4.69, 9.17) is 0 Å². The van der Waals surface area contributed by atoms with E-state index in [0.29, 0.717) is 16.7 Å². The van der Waals surface area contributed by atoms with Gasteiger partial charge in [0, 0.05) is 22.9 Å². The van der Waals surface area contributed by atoms with E-state index in [1.54, 1.807) is 19.2 Å². The zero-order valence-electron chi connectivity index (χ0n) is 11.2. The van der Waals surface area contributed by atoms with E-state index in [0.717, 1.165) is 11.3 Å². The molecule has 1 aromatic heterocycles. The molecule has 2 rings (SSSR count). The predicted octanol–water partition coefficient (Wildman–Crippen LogP) is 2.61. The van der Waals surface area contributed by atoms with Gasteiger partial charge in [-0.3, -0.25) is 4.72 Å². The Kier molecular flexibility index (Phi) is 4.52. The molecule has 0 amide bonds. The van der Waals surface area contributed by atoms with Crippen molar-refractivity contribution in [2.75, 3.05) is 11.8 Å². The molecule has 20 heavy (non-hydrogen) atoms. The third-order valence-electron chi connectivity index (χ3n) is 2.76. The number of aromatic amines is 1. The lowest BCUT2D eigenvalue weighted by molar-refractivity contribution is 0.601. The fourth-order valence-corrected chi connectivity index (χ4v) is 3.59. The molecule has 0 unspecified atom stereocenters.